The van der Waals surface area contributed by atoms with Crippen molar-refractivity contribution in [3.05, 3.63) is 81.1 Å². The van der Waals surface area contributed by atoms with Crippen molar-refractivity contribution in [1.82, 2.24) is 34.5 Å². The largest absolute Gasteiger partial charge is 0.342 e. The Morgan fingerprint density at radius 2 is 2.00 bits per heavy atom. The van der Waals surface area contributed by atoms with Gasteiger partial charge in [-0.05, 0) is 30.5 Å². The molecule has 1 fully saturated rings. The van der Waals surface area contributed by atoms with E-state index >= 15 is 0 Å². The Hall–Kier alpha value is -4.01. The SMILES string of the molecule is O=c1[nH]cc(-c2cc([C@H]3C[C@@H]3c3nc4ccccc4[nH]3)c3nccn3n2)c(=O)[nH]1. The van der Waals surface area contributed by atoms with E-state index in [1.54, 1.807) is 16.9 Å². The van der Waals surface area contributed by atoms with Crippen molar-refractivity contribution in [3.63, 3.8) is 0 Å². The lowest BCUT2D eigenvalue weighted by Crippen LogP contribution is -2.23. The van der Waals surface area contributed by atoms with Gasteiger partial charge in [0.25, 0.3) is 5.56 Å². The standard InChI is InChI=1S/C20H15N7O2/c28-19-13(9-22-20(29)25-19)16-8-12(18-21-5-6-27(18)26-16)10-7-11(10)17-23-14-3-1-2-4-15(14)24-17/h1-6,8-11H,7H2,(H,23,24)(H2,22,25,28,29)/t10-,11-/m0/s1. The summed E-state index contributed by atoms with van der Waals surface area (Å²) < 4.78 is 1.67. The van der Waals surface area contributed by atoms with Crippen LogP contribution in [-0.4, -0.2) is 34.5 Å². The first kappa shape index (κ1) is 16.0. The topological polar surface area (TPSA) is 125 Å². The smallest absolute Gasteiger partial charge is 0.325 e. The number of para-hydroxylation sites is 2. The monoisotopic (exact) mass is 385 g/mol. The lowest BCUT2D eigenvalue weighted by atomic mass is 10.1. The molecule has 0 spiro atoms. The number of rotatable bonds is 3. The molecule has 0 saturated heterocycles. The fourth-order valence-electron chi connectivity index (χ4n) is 3.93. The normalized spacial score (nSPS) is 18.5. The number of aromatic nitrogens is 7. The molecule has 4 heterocycles. The Morgan fingerprint density at radius 3 is 2.86 bits per heavy atom. The Balaban J connectivity index is 1.45. The van der Waals surface area contributed by atoms with Gasteiger partial charge in [-0.25, -0.2) is 19.3 Å². The highest BCUT2D eigenvalue weighted by atomic mass is 16.2. The van der Waals surface area contributed by atoms with Gasteiger partial charge in [-0.3, -0.25) is 9.78 Å². The number of benzene rings is 1. The van der Waals surface area contributed by atoms with E-state index in [2.05, 4.69) is 25.0 Å². The number of hydrogen-bond donors (Lipinski definition) is 3. The van der Waals surface area contributed by atoms with Gasteiger partial charge < -0.3 is 9.97 Å². The number of aromatic amines is 3. The maximum absolute atomic E-state index is 12.2. The summed E-state index contributed by atoms with van der Waals surface area (Å²) in [6, 6.07) is 9.86. The average Bonchev–Trinajstić information content (AvgIpc) is 3.16. The van der Waals surface area contributed by atoms with Crippen LogP contribution in [0.15, 0.2) is 58.5 Å². The van der Waals surface area contributed by atoms with Crippen molar-refractivity contribution in [2.24, 2.45) is 0 Å². The maximum Gasteiger partial charge on any atom is 0.325 e. The van der Waals surface area contributed by atoms with Crippen LogP contribution < -0.4 is 11.2 Å². The Morgan fingerprint density at radius 1 is 1.10 bits per heavy atom. The zero-order valence-electron chi connectivity index (χ0n) is 15.1. The molecule has 6 rings (SSSR count). The highest BCUT2D eigenvalue weighted by Gasteiger charge is 2.43. The van der Waals surface area contributed by atoms with Crippen molar-refractivity contribution < 1.29 is 0 Å². The van der Waals surface area contributed by atoms with Gasteiger partial charge in [-0.2, -0.15) is 5.10 Å². The molecule has 1 aliphatic carbocycles. The predicted octanol–water partition coefficient (Wildman–Crippen LogP) is 1.92. The van der Waals surface area contributed by atoms with E-state index in [4.69, 9.17) is 4.98 Å². The second kappa shape index (κ2) is 5.74. The van der Waals surface area contributed by atoms with Crippen molar-refractivity contribution >= 4 is 16.7 Å². The second-order valence-corrected chi connectivity index (χ2v) is 7.25. The Labute approximate surface area is 162 Å². The van der Waals surface area contributed by atoms with Crippen LogP contribution in [-0.2, 0) is 0 Å². The molecule has 9 heteroatoms. The zero-order chi connectivity index (χ0) is 19.5. The Bertz CT molecular complexity index is 1470. The van der Waals surface area contributed by atoms with Crippen LogP contribution in [0.1, 0.15) is 29.6 Å². The van der Waals surface area contributed by atoms with Crippen LogP contribution in [0.4, 0.5) is 0 Å². The molecule has 2 atom stereocenters. The molecule has 29 heavy (non-hydrogen) atoms. The van der Waals surface area contributed by atoms with E-state index in [-0.39, 0.29) is 11.8 Å². The number of fused-ring (bicyclic) bond motifs is 2. The summed E-state index contributed by atoms with van der Waals surface area (Å²) >= 11 is 0. The van der Waals surface area contributed by atoms with Crippen molar-refractivity contribution in [2.45, 2.75) is 18.3 Å². The highest BCUT2D eigenvalue weighted by Crippen LogP contribution is 2.55. The summed E-state index contributed by atoms with van der Waals surface area (Å²) in [4.78, 5) is 40.9. The lowest BCUT2D eigenvalue weighted by molar-refractivity contribution is 0.893. The van der Waals surface area contributed by atoms with Gasteiger partial charge in [-0.15, -0.1) is 0 Å². The maximum atomic E-state index is 12.2. The van der Waals surface area contributed by atoms with Crippen molar-refractivity contribution in [2.75, 3.05) is 0 Å². The van der Waals surface area contributed by atoms with Gasteiger partial charge in [0.15, 0.2) is 5.65 Å². The van der Waals surface area contributed by atoms with Gasteiger partial charge in [0.05, 0.1) is 22.3 Å². The number of nitrogens with zero attached hydrogens (tertiary/aromatic N) is 4. The van der Waals surface area contributed by atoms with Gasteiger partial charge >= 0.3 is 5.69 Å². The highest BCUT2D eigenvalue weighted by molar-refractivity contribution is 5.75. The van der Waals surface area contributed by atoms with Crippen LogP contribution in [0.3, 0.4) is 0 Å². The van der Waals surface area contributed by atoms with Crippen molar-refractivity contribution in [1.29, 1.82) is 0 Å². The molecule has 5 aromatic rings. The first-order valence-electron chi connectivity index (χ1n) is 9.29. The third-order valence-corrected chi connectivity index (χ3v) is 5.43. The molecular weight excluding hydrogens is 370 g/mol. The Kier molecular flexibility index (Phi) is 3.17. The molecule has 3 N–H and O–H groups in total. The first-order valence-corrected chi connectivity index (χ1v) is 9.29. The van der Waals surface area contributed by atoms with Crippen LogP contribution in [0.5, 0.6) is 0 Å². The van der Waals surface area contributed by atoms with Crippen LogP contribution in [0.25, 0.3) is 27.9 Å². The molecular formula is C20H15N7O2. The third-order valence-electron chi connectivity index (χ3n) is 5.43. The summed E-state index contributed by atoms with van der Waals surface area (Å²) in [6.07, 6.45) is 5.76. The molecule has 1 saturated carbocycles. The van der Waals surface area contributed by atoms with Crippen molar-refractivity contribution in [3.8, 4) is 11.3 Å². The number of hydrogen-bond acceptors (Lipinski definition) is 5. The number of H-pyrrole nitrogens is 3. The van der Waals surface area contributed by atoms with E-state index in [0.29, 0.717) is 11.3 Å². The number of nitrogens with one attached hydrogen (secondary N) is 3. The molecule has 4 aromatic heterocycles. The first-order chi connectivity index (χ1) is 14.2. The summed E-state index contributed by atoms with van der Waals surface area (Å²) in [6.45, 7) is 0. The minimum Gasteiger partial charge on any atom is -0.342 e. The fourth-order valence-corrected chi connectivity index (χ4v) is 3.93. The lowest BCUT2D eigenvalue weighted by Gasteiger charge is -2.06. The van der Waals surface area contributed by atoms with E-state index in [9.17, 15) is 9.59 Å². The molecule has 142 valence electrons. The van der Waals surface area contributed by atoms with E-state index in [1.807, 2.05) is 30.3 Å². The zero-order valence-corrected chi connectivity index (χ0v) is 15.1. The summed E-state index contributed by atoms with van der Waals surface area (Å²) in [5, 5.41) is 4.49. The van der Waals surface area contributed by atoms with Gasteiger partial charge in [0.1, 0.15) is 5.82 Å². The van der Waals surface area contributed by atoms with Crippen LogP contribution in [0.2, 0.25) is 0 Å². The van der Waals surface area contributed by atoms with Gasteiger partial charge in [0, 0.05) is 30.1 Å². The molecule has 0 amide bonds. The number of imidazole rings is 2. The molecule has 0 radical (unpaired) electrons. The molecule has 0 aliphatic heterocycles. The minimum absolute atomic E-state index is 0.226. The third kappa shape index (κ3) is 2.51. The second-order valence-electron chi connectivity index (χ2n) is 7.25. The molecule has 1 aliphatic rings. The van der Waals surface area contributed by atoms with E-state index in [1.165, 1.54) is 6.20 Å². The molecule has 0 unspecified atom stereocenters. The average molecular weight is 385 g/mol. The summed E-state index contributed by atoms with van der Waals surface area (Å²) in [5.41, 5.74) is 3.52. The van der Waals surface area contributed by atoms with E-state index in [0.717, 1.165) is 34.5 Å². The molecule has 9 nitrogen and oxygen atoms in total. The van der Waals surface area contributed by atoms with E-state index < -0.39 is 11.2 Å². The molecule has 1 aromatic carbocycles. The quantitative estimate of drug-likeness (QED) is 0.438. The fraction of sp³-hybridized carbons (Fsp3) is 0.150. The predicted molar refractivity (Wildman–Crippen MR) is 106 cm³/mol. The van der Waals surface area contributed by atoms with Crippen LogP contribution in [0, 0.1) is 0 Å². The molecule has 0 bridgehead atoms. The summed E-state index contributed by atoms with van der Waals surface area (Å²) in [5.74, 6) is 1.44. The van der Waals surface area contributed by atoms with Gasteiger partial charge in [-0.1, -0.05) is 12.1 Å². The van der Waals surface area contributed by atoms with Crippen LogP contribution >= 0.6 is 0 Å². The summed E-state index contributed by atoms with van der Waals surface area (Å²) in [7, 11) is 0. The van der Waals surface area contributed by atoms with Gasteiger partial charge in [0.2, 0.25) is 0 Å². The minimum atomic E-state index is -0.546.